The molecule has 0 aromatic rings. The Labute approximate surface area is 598 Å². The summed E-state index contributed by atoms with van der Waals surface area (Å²) >= 11 is 8.67. The second-order valence-electron chi connectivity index (χ2n) is 0. The Morgan fingerprint density at radius 2 is 0.250 bits per heavy atom. The van der Waals surface area contributed by atoms with Gasteiger partial charge in [0.1, 0.15) is 34.7 Å². The van der Waals surface area contributed by atoms with Crippen LogP contribution < -0.4 is 236 Å². The summed E-state index contributed by atoms with van der Waals surface area (Å²) < 4.78 is 0. The average molecular weight is 764 g/mol. The molecule has 0 aliphatic heterocycles. The van der Waals surface area contributed by atoms with Gasteiger partial charge in [-0.2, -0.15) is 0 Å². The van der Waals surface area contributed by atoms with Gasteiger partial charge in [0.05, 0.1) is 0 Å². The summed E-state index contributed by atoms with van der Waals surface area (Å²) in [5, 5.41) is 0. The number of rotatable bonds is 0. The van der Waals surface area contributed by atoms with Crippen molar-refractivity contribution in [2.45, 2.75) is 59.4 Å². The Morgan fingerprint density at radius 3 is 0.250 bits per heavy atom. The van der Waals surface area contributed by atoms with Crippen molar-refractivity contribution in [1.82, 2.24) is 0 Å². The van der Waals surface area contributed by atoms with Crippen molar-refractivity contribution in [3.63, 3.8) is 0 Å². The van der Waals surface area contributed by atoms with Gasteiger partial charge in [-0.3, -0.25) is 0 Å². The molecule has 0 aromatic carbocycles. The van der Waals surface area contributed by atoms with Gasteiger partial charge in [0, 0.05) is 5.71 Å². The van der Waals surface area contributed by atoms with Crippen LogP contribution in [0.1, 0.15) is 76.5 Å². The van der Waals surface area contributed by atoms with Crippen LogP contribution in [0.25, 0.3) is 0 Å². The first kappa shape index (κ1) is 261. The van der Waals surface area contributed by atoms with E-state index in [0.717, 1.165) is 0 Å². The predicted molar refractivity (Wildman–Crippen MR) is 202 cm³/mol. The third kappa shape index (κ3) is 308. The second kappa shape index (κ2) is 328. The normalized spacial score (nSPS) is 0.750. The first-order valence-electron chi connectivity index (χ1n) is 3.00. The van der Waals surface area contributed by atoms with Crippen LogP contribution in [0.5, 0.6) is 0 Å². The topological polar surface area (TPSA) is 0 Å². The molecule has 0 nitrogen and oxygen atoms in total. The van der Waals surface area contributed by atoms with E-state index in [2.05, 4.69) is 0 Å². The summed E-state index contributed by atoms with van der Waals surface area (Å²) in [6.45, 7) is 0. The van der Waals surface area contributed by atoms with Gasteiger partial charge in [-0.25, -0.2) is 0 Å². The molecule has 0 aliphatic rings. The van der Waals surface area contributed by atoms with Gasteiger partial charge in [-0.05, 0) is 0 Å². The zero-order chi connectivity index (χ0) is 6.00. The molecule has 2 radical (unpaired) electrons. The third-order valence-corrected chi connectivity index (χ3v) is 0. The van der Waals surface area contributed by atoms with Crippen molar-refractivity contribution in [3.05, 3.63) is 0 Å². The molecule has 0 saturated carbocycles. The fourth-order valence-corrected chi connectivity index (χ4v) is 0. The van der Waals surface area contributed by atoms with E-state index in [1.54, 1.807) is 0 Å². The maximum absolute atomic E-state index is 1.44. The third-order valence-electron chi connectivity index (χ3n) is 0. The fraction of sp³-hybridized carbons (Fsp3) is 1.00. The summed E-state index contributed by atoms with van der Waals surface area (Å²) in [5.74, 6) is 0. The van der Waals surface area contributed by atoms with Gasteiger partial charge in [0.25, 0.3) is 0 Å². The molecular formula is C8H76Al10Na14. The molecule has 0 atom stereocenters. The monoisotopic (exact) mass is 764 g/mol. The number of hydrogen-bond acceptors (Lipinski definition) is 0. The van der Waals surface area contributed by atoms with Crippen molar-refractivity contribution in [1.29, 1.82) is 0 Å². The standard InChI is InChI=1S/8CH4.10Al.14Na.4H2.36H/h8*1H4;;;;;;;;;;;;;;;;;;;;;;;;;4*1H;;;;;;;;;;;;;;;;;;;;;;;;;;;;;;;;;;;;/q;;;;;;;;;;;;;;;;;;;;;;;;8*+1;;;;;;;;;;;;;;;;;;;;;;;;;;;;;;;;;8*-1. The molecule has 0 amide bonds. The Kier molecular flexibility index (Phi) is 2670. The van der Waals surface area contributed by atoms with Gasteiger partial charge in [0.15, 0.2) is 139 Å². The Balaban J connectivity index is -0.0000000000549. The van der Waals surface area contributed by atoms with Crippen molar-refractivity contribution in [3.8, 4) is 0 Å². The minimum absolute atomic E-state index is 0. The first-order valence-corrected chi connectivity index (χ1v) is 27.0. The van der Waals surface area contributed by atoms with E-state index in [9.17, 15) is 0 Å². The molecule has 0 aromatic heterocycles. The average Bonchev–Trinajstić information content (AvgIpc) is 1.81. The molecule has 0 rings (SSSR count). The molecule has 0 spiro atoms. The van der Waals surface area contributed by atoms with E-state index >= 15 is 0 Å². The first-order chi connectivity index (χ1) is 3.00. The van der Waals surface area contributed by atoms with Gasteiger partial charge in [-0.1, -0.05) is 59.4 Å². The van der Waals surface area contributed by atoms with Gasteiger partial charge in [0.2, 0.25) is 0 Å². The maximum atomic E-state index is 1.44. The van der Waals surface area contributed by atoms with Crippen molar-refractivity contribution in [2.24, 2.45) is 0 Å². The van der Waals surface area contributed by atoms with Gasteiger partial charge >= 0.3 is 367 Å². The molecule has 24 heteroatoms. The van der Waals surface area contributed by atoms with E-state index in [1.165, 1.54) is 131 Å². The Morgan fingerprint density at radius 1 is 0.250 bits per heavy atom. The van der Waals surface area contributed by atoms with Crippen LogP contribution in [-0.2, 0) is 0 Å². The van der Waals surface area contributed by atoms with Crippen LogP contribution in [0.15, 0.2) is 0 Å². The van der Waals surface area contributed by atoms with Crippen LogP contribution in [0, 0.1) is 0 Å². The zero-order valence-electron chi connectivity index (χ0n) is 24.0. The summed E-state index contributed by atoms with van der Waals surface area (Å²) in [4.78, 5) is 0. The molecule has 0 bridgehead atoms. The second-order valence-corrected chi connectivity index (χ2v) is 0. The molecule has 0 aliphatic carbocycles. The van der Waals surface area contributed by atoms with Crippen LogP contribution in [0.4, 0.5) is 0 Å². The van der Waals surface area contributed by atoms with Crippen LogP contribution in [-0.4, -0.2) is 304 Å². The zero-order valence-corrected chi connectivity index (χ0v) is 48.0. The van der Waals surface area contributed by atoms with E-state index in [1.807, 2.05) is 0 Å². The van der Waals surface area contributed by atoms with Crippen molar-refractivity contribution < 1.29 is 254 Å². The Bertz CT molecular complexity index is 86.7. The predicted octanol–water partition coefficient (Wildman–Crippen LogP) is -30.6. The molecular weight excluding hydrogens is 688 g/mol. The Hall–Kier alpha value is 19.3. The number of hydrogen-bond donors (Lipinski definition) is 0. The van der Waals surface area contributed by atoms with Gasteiger partial charge < -0.3 is 11.4 Å². The van der Waals surface area contributed by atoms with Crippen LogP contribution in [0.2, 0.25) is 0 Å². The summed E-state index contributed by atoms with van der Waals surface area (Å²) in [5.41, 5.74) is 0. The SMILES string of the molecule is C.C.C.C.C.C.C.C.[AlH2].[AlH2].[AlH3].[AlH3].[AlH3].[AlH3].[AlH3].[AlH3].[AlH3].[AlH3].[H-].[H-].[H-].[H-].[H-].[H-].[H-].[H-].[HH].[HH].[HH].[HH].[Na+].[Na+].[Na+].[Na+].[Na+].[Na+].[Na+].[Na+].[Na][Na].[Na][Na].[Na][Na]. The molecule has 152 valence electrons. The minimum atomic E-state index is 0. The summed E-state index contributed by atoms with van der Waals surface area (Å²) in [6.07, 6.45) is 0. The fourth-order valence-electron chi connectivity index (χ4n) is 0. The molecule has 0 heterocycles. The van der Waals surface area contributed by atoms with Crippen LogP contribution >= 0.6 is 0 Å². The summed E-state index contributed by atoms with van der Waals surface area (Å²) in [7, 11) is 0. The van der Waals surface area contributed by atoms with E-state index in [-0.39, 0.29) is 487 Å². The van der Waals surface area contributed by atoms with E-state index in [4.69, 9.17) is 0 Å². The molecule has 0 N–H and O–H groups in total. The molecule has 0 saturated heterocycles. The molecule has 32 heavy (non-hydrogen) atoms. The van der Waals surface area contributed by atoms with E-state index in [0.29, 0.717) is 0 Å². The van der Waals surface area contributed by atoms with E-state index < -0.39 is 0 Å². The molecule has 0 unspecified atom stereocenters. The van der Waals surface area contributed by atoms with Gasteiger partial charge in [-0.15, -0.1) is 0 Å². The van der Waals surface area contributed by atoms with Crippen LogP contribution in [0.3, 0.4) is 0 Å². The molecule has 0 fully saturated rings. The van der Waals surface area contributed by atoms with Crippen molar-refractivity contribution >= 4 is 304 Å². The van der Waals surface area contributed by atoms with Crippen molar-refractivity contribution in [2.75, 3.05) is 0 Å². The quantitative estimate of drug-likeness (QED) is 0.216. The summed E-state index contributed by atoms with van der Waals surface area (Å²) in [6, 6.07) is 0.